The van der Waals surface area contributed by atoms with E-state index in [0.717, 1.165) is 5.56 Å². The monoisotopic (exact) mass is 233 g/mol. The number of rotatable bonds is 2. The van der Waals surface area contributed by atoms with E-state index in [1.807, 2.05) is 6.92 Å². The summed E-state index contributed by atoms with van der Waals surface area (Å²) in [7, 11) is -3.77. The number of aryl methyl sites for hydroxylation is 3. The maximum absolute atomic E-state index is 11.4. The van der Waals surface area contributed by atoms with Crippen LogP contribution in [0.2, 0.25) is 0 Å². The quantitative estimate of drug-likeness (QED) is 0.726. The van der Waals surface area contributed by atoms with E-state index in [4.69, 9.17) is 5.21 Å². The van der Waals surface area contributed by atoms with Crippen LogP contribution in [0.25, 0.3) is 0 Å². The molecule has 0 atom stereocenters. The Morgan fingerprint density at radius 3 is 1.87 bits per heavy atom. The lowest BCUT2D eigenvalue weighted by Crippen LogP contribution is -2.21. The van der Waals surface area contributed by atoms with Crippen LogP contribution in [0.4, 0.5) is 0 Å². The molecule has 0 aliphatic heterocycles. The van der Waals surface area contributed by atoms with Gasteiger partial charge in [-0.05, 0) is 31.9 Å². The lowest BCUT2D eigenvalue weighted by Gasteiger charge is -2.10. The average molecular weight is 233 g/mol. The molecular formula is C9H15NO4S. The second-order valence-electron chi connectivity index (χ2n) is 3.32. The van der Waals surface area contributed by atoms with Gasteiger partial charge in [-0.3, -0.25) is 0 Å². The maximum atomic E-state index is 11.4. The Morgan fingerprint density at radius 1 is 1.13 bits per heavy atom. The van der Waals surface area contributed by atoms with Gasteiger partial charge in [0, 0.05) is 0 Å². The molecule has 4 N–H and O–H groups in total. The summed E-state index contributed by atoms with van der Waals surface area (Å²) in [5.74, 6) is 0. The van der Waals surface area contributed by atoms with Crippen molar-refractivity contribution in [2.45, 2.75) is 25.7 Å². The summed E-state index contributed by atoms with van der Waals surface area (Å²) in [6, 6.07) is 3.52. The molecule has 1 rings (SSSR count). The fourth-order valence-corrected chi connectivity index (χ4v) is 2.69. The summed E-state index contributed by atoms with van der Waals surface area (Å²) in [5.41, 5.74) is 2.25. The first-order valence-corrected chi connectivity index (χ1v) is 5.60. The van der Waals surface area contributed by atoms with E-state index in [1.165, 1.54) is 4.89 Å². The summed E-state index contributed by atoms with van der Waals surface area (Å²) in [4.78, 5) is 1.48. The topological polar surface area (TPSA) is 97.9 Å². The number of hydrogen-bond donors (Lipinski definition) is 2. The third kappa shape index (κ3) is 2.75. The zero-order chi connectivity index (χ0) is 10.9. The van der Waals surface area contributed by atoms with Gasteiger partial charge in [0.1, 0.15) is 0 Å². The normalized spacial score (nSPS) is 10.9. The van der Waals surface area contributed by atoms with Crippen LogP contribution in [-0.2, 0) is 10.0 Å². The number of benzene rings is 1. The van der Waals surface area contributed by atoms with Crippen LogP contribution in [0, 0.1) is 20.8 Å². The molecule has 0 aliphatic carbocycles. The lowest BCUT2D eigenvalue weighted by molar-refractivity contribution is 0.242. The lowest BCUT2D eigenvalue weighted by atomic mass is 10.1. The van der Waals surface area contributed by atoms with E-state index < -0.39 is 10.0 Å². The van der Waals surface area contributed by atoms with E-state index in [0.29, 0.717) is 11.1 Å². The summed E-state index contributed by atoms with van der Waals surface area (Å²) in [5, 5.41) is 8.53. The third-order valence-electron chi connectivity index (χ3n) is 1.99. The molecule has 0 saturated heterocycles. The molecule has 0 saturated carbocycles. The van der Waals surface area contributed by atoms with Gasteiger partial charge < -0.3 is 10.7 Å². The average Bonchev–Trinajstić information content (AvgIpc) is 2.01. The molecule has 6 heteroatoms. The molecule has 0 aliphatic rings. The zero-order valence-corrected chi connectivity index (χ0v) is 9.64. The number of hydrogen-bond acceptors (Lipinski definition) is 3. The van der Waals surface area contributed by atoms with Gasteiger partial charge in [0.15, 0.2) is 0 Å². The predicted molar refractivity (Wildman–Crippen MR) is 56.4 cm³/mol. The third-order valence-corrected chi connectivity index (χ3v) is 3.42. The van der Waals surface area contributed by atoms with Crippen molar-refractivity contribution in [3.8, 4) is 0 Å². The highest BCUT2D eigenvalue weighted by Gasteiger charge is 2.18. The Bertz CT molecular complexity index is 430. The summed E-state index contributed by atoms with van der Waals surface area (Å²) >= 11 is 0. The molecule has 86 valence electrons. The van der Waals surface area contributed by atoms with Gasteiger partial charge in [0.05, 0.1) is 4.90 Å². The molecule has 15 heavy (non-hydrogen) atoms. The van der Waals surface area contributed by atoms with E-state index in [1.54, 1.807) is 26.0 Å². The standard InChI is InChI=1S/C9H13NO3S.H2O/c1-6-4-7(2)9(8(3)5-6)14(12,13)10-11;/h4-5,10-11H,1-3H3;1H2. The van der Waals surface area contributed by atoms with Crippen molar-refractivity contribution in [2.75, 3.05) is 0 Å². The molecule has 1 aromatic rings. The summed E-state index contributed by atoms with van der Waals surface area (Å²) < 4.78 is 22.8. The van der Waals surface area contributed by atoms with Crippen molar-refractivity contribution in [1.82, 2.24) is 4.89 Å². The van der Waals surface area contributed by atoms with E-state index in [2.05, 4.69) is 0 Å². The Hall–Kier alpha value is -0.950. The Balaban J connectivity index is 0.00000196. The molecule has 0 radical (unpaired) electrons. The van der Waals surface area contributed by atoms with Gasteiger partial charge in [-0.1, -0.05) is 22.6 Å². The van der Waals surface area contributed by atoms with Crippen LogP contribution in [0.5, 0.6) is 0 Å². The van der Waals surface area contributed by atoms with Crippen LogP contribution >= 0.6 is 0 Å². The molecular weight excluding hydrogens is 218 g/mol. The maximum Gasteiger partial charge on any atom is 0.262 e. The highest BCUT2D eigenvalue weighted by Crippen LogP contribution is 2.20. The van der Waals surface area contributed by atoms with Crippen LogP contribution in [0.15, 0.2) is 17.0 Å². The first-order valence-electron chi connectivity index (χ1n) is 4.12. The molecule has 1 aromatic carbocycles. The first-order chi connectivity index (χ1) is 6.38. The summed E-state index contributed by atoms with van der Waals surface area (Å²) in [6.07, 6.45) is 0. The van der Waals surface area contributed by atoms with E-state index in [9.17, 15) is 8.42 Å². The summed E-state index contributed by atoms with van der Waals surface area (Å²) in [6.45, 7) is 5.29. The van der Waals surface area contributed by atoms with Gasteiger partial charge in [-0.2, -0.15) is 0 Å². The minimum absolute atomic E-state index is 0. The Morgan fingerprint density at radius 2 is 1.53 bits per heavy atom. The Kier molecular flexibility index (Phi) is 4.42. The molecule has 0 bridgehead atoms. The second-order valence-corrected chi connectivity index (χ2v) is 4.92. The SMILES string of the molecule is Cc1cc(C)c(S(=O)(=O)NO)c(C)c1.O. The highest BCUT2D eigenvalue weighted by molar-refractivity contribution is 7.89. The van der Waals surface area contributed by atoms with Crippen LogP contribution in [0.3, 0.4) is 0 Å². The fourth-order valence-electron chi connectivity index (χ4n) is 1.64. The van der Waals surface area contributed by atoms with Gasteiger partial charge in [-0.15, -0.1) is 0 Å². The molecule has 5 nitrogen and oxygen atoms in total. The minimum Gasteiger partial charge on any atom is -0.412 e. The van der Waals surface area contributed by atoms with Crippen molar-refractivity contribution in [1.29, 1.82) is 0 Å². The van der Waals surface area contributed by atoms with Crippen molar-refractivity contribution in [3.63, 3.8) is 0 Å². The first kappa shape index (κ1) is 14.1. The minimum atomic E-state index is -3.77. The molecule has 0 spiro atoms. The predicted octanol–water partition coefficient (Wildman–Crippen LogP) is 0.455. The zero-order valence-electron chi connectivity index (χ0n) is 8.83. The Labute approximate surface area is 89.1 Å². The molecule has 0 aromatic heterocycles. The van der Waals surface area contributed by atoms with Gasteiger partial charge in [0.25, 0.3) is 10.0 Å². The fraction of sp³-hybridized carbons (Fsp3) is 0.333. The van der Waals surface area contributed by atoms with Gasteiger partial charge in [0.2, 0.25) is 0 Å². The molecule has 0 unspecified atom stereocenters. The molecule has 0 fully saturated rings. The van der Waals surface area contributed by atoms with Crippen LogP contribution in [0.1, 0.15) is 16.7 Å². The van der Waals surface area contributed by atoms with Crippen LogP contribution < -0.4 is 4.89 Å². The number of sulfonamides is 1. The largest absolute Gasteiger partial charge is 0.412 e. The van der Waals surface area contributed by atoms with Crippen LogP contribution in [-0.4, -0.2) is 19.1 Å². The van der Waals surface area contributed by atoms with Crippen molar-refractivity contribution >= 4 is 10.0 Å². The van der Waals surface area contributed by atoms with E-state index in [-0.39, 0.29) is 10.4 Å². The van der Waals surface area contributed by atoms with E-state index >= 15 is 0 Å². The van der Waals surface area contributed by atoms with Crippen molar-refractivity contribution < 1.29 is 19.1 Å². The van der Waals surface area contributed by atoms with Gasteiger partial charge >= 0.3 is 0 Å². The number of nitrogens with one attached hydrogen (secondary N) is 1. The second kappa shape index (κ2) is 4.71. The van der Waals surface area contributed by atoms with Crippen molar-refractivity contribution in [3.05, 3.63) is 28.8 Å². The smallest absolute Gasteiger partial charge is 0.262 e. The molecule has 0 amide bonds. The molecule has 0 heterocycles. The van der Waals surface area contributed by atoms with Gasteiger partial charge in [-0.25, -0.2) is 8.42 Å². The van der Waals surface area contributed by atoms with Crippen molar-refractivity contribution in [2.24, 2.45) is 0 Å². The highest BCUT2D eigenvalue weighted by atomic mass is 32.2.